The Labute approximate surface area is 161 Å². The van der Waals surface area contributed by atoms with Crippen LogP contribution >= 0.6 is 23.4 Å². The number of thioether (sulfide) groups is 1. The fourth-order valence-electron chi connectivity index (χ4n) is 3.61. The van der Waals surface area contributed by atoms with Crippen LogP contribution in [0.1, 0.15) is 29.8 Å². The van der Waals surface area contributed by atoms with E-state index in [1.165, 1.54) is 0 Å². The molecule has 0 spiro atoms. The minimum Gasteiger partial charge on any atom is -0.465 e. The molecule has 1 aliphatic rings. The summed E-state index contributed by atoms with van der Waals surface area (Å²) >= 11 is 7.76. The molecule has 1 aromatic heterocycles. The first kappa shape index (κ1) is 18.9. The number of carbonyl (C=O) groups is 2. The summed E-state index contributed by atoms with van der Waals surface area (Å²) in [5.74, 6) is 1.23. The Balaban J connectivity index is 1.72. The van der Waals surface area contributed by atoms with E-state index in [2.05, 4.69) is 21.9 Å². The number of benzene rings is 1. The number of hydrogen-bond acceptors (Lipinski definition) is 3. The van der Waals surface area contributed by atoms with Crippen molar-refractivity contribution in [1.29, 1.82) is 0 Å². The zero-order valence-electron chi connectivity index (χ0n) is 14.4. The van der Waals surface area contributed by atoms with Crippen molar-refractivity contribution in [3.63, 3.8) is 0 Å². The minimum absolute atomic E-state index is 0.216. The molecule has 0 aliphatic heterocycles. The molecule has 1 aliphatic carbocycles. The van der Waals surface area contributed by atoms with E-state index in [0.717, 1.165) is 35.9 Å². The molecule has 4 N–H and O–H groups in total. The molecular formula is C18H22ClN3O3S. The monoisotopic (exact) mass is 395 g/mol. The summed E-state index contributed by atoms with van der Waals surface area (Å²) in [5.41, 5.74) is 1.28. The number of carboxylic acid groups (broad SMARTS) is 1. The van der Waals surface area contributed by atoms with Gasteiger partial charge in [0.15, 0.2) is 0 Å². The van der Waals surface area contributed by atoms with Crippen LogP contribution in [0.25, 0.3) is 10.9 Å². The van der Waals surface area contributed by atoms with E-state index in [1.54, 1.807) is 30.0 Å². The third-order valence-electron chi connectivity index (χ3n) is 4.81. The van der Waals surface area contributed by atoms with Crippen LogP contribution in [0.5, 0.6) is 0 Å². The molecule has 26 heavy (non-hydrogen) atoms. The topological polar surface area (TPSA) is 94.2 Å². The van der Waals surface area contributed by atoms with Crippen molar-refractivity contribution < 1.29 is 14.7 Å². The minimum atomic E-state index is -1.06. The molecule has 3 atom stereocenters. The van der Waals surface area contributed by atoms with Crippen LogP contribution in [0.15, 0.2) is 24.3 Å². The van der Waals surface area contributed by atoms with Crippen LogP contribution < -0.4 is 10.6 Å². The summed E-state index contributed by atoms with van der Waals surface area (Å²) < 4.78 is 0. The number of hydrogen-bond donors (Lipinski definition) is 4. The van der Waals surface area contributed by atoms with Crippen molar-refractivity contribution in [3.05, 3.63) is 35.0 Å². The third-order valence-corrected chi connectivity index (χ3v) is 5.85. The molecule has 1 heterocycles. The first-order valence-corrected chi connectivity index (χ1v) is 10.3. The maximum absolute atomic E-state index is 12.7. The number of aromatic amines is 1. The number of aromatic nitrogens is 1. The highest BCUT2D eigenvalue weighted by molar-refractivity contribution is 7.98. The summed E-state index contributed by atoms with van der Waals surface area (Å²) in [6.07, 6.45) is 3.47. The van der Waals surface area contributed by atoms with Gasteiger partial charge in [0.1, 0.15) is 5.69 Å². The Hall–Kier alpha value is -1.86. The van der Waals surface area contributed by atoms with Gasteiger partial charge in [-0.15, -0.1) is 0 Å². The molecule has 1 aromatic carbocycles. The summed E-state index contributed by atoms with van der Waals surface area (Å²) in [6.45, 7) is 0. The summed E-state index contributed by atoms with van der Waals surface area (Å²) in [6, 6.07) is 6.66. The van der Waals surface area contributed by atoms with Crippen molar-refractivity contribution in [2.45, 2.75) is 31.3 Å². The average molecular weight is 396 g/mol. The predicted octanol–water partition coefficient (Wildman–Crippen LogP) is 3.72. The van der Waals surface area contributed by atoms with E-state index in [1.807, 2.05) is 6.07 Å². The fourth-order valence-corrected chi connectivity index (χ4v) is 4.56. The molecule has 1 saturated carbocycles. The second kappa shape index (κ2) is 8.22. The van der Waals surface area contributed by atoms with E-state index < -0.39 is 6.09 Å². The molecule has 140 valence electrons. The average Bonchev–Trinajstić information content (AvgIpc) is 3.00. The van der Waals surface area contributed by atoms with E-state index in [4.69, 9.17) is 16.7 Å². The maximum Gasteiger partial charge on any atom is 0.404 e. The molecule has 2 amide bonds. The lowest BCUT2D eigenvalue weighted by Crippen LogP contribution is -2.54. The van der Waals surface area contributed by atoms with Crippen molar-refractivity contribution in [2.75, 3.05) is 12.0 Å². The highest BCUT2D eigenvalue weighted by Crippen LogP contribution is 2.28. The van der Waals surface area contributed by atoms with E-state index in [9.17, 15) is 9.59 Å². The van der Waals surface area contributed by atoms with Gasteiger partial charge in [0.2, 0.25) is 0 Å². The zero-order chi connectivity index (χ0) is 18.7. The number of amides is 2. The van der Waals surface area contributed by atoms with Crippen LogP contribution in [-0.2, 0) is 0 Å². The smallest absolute Gasteiger partial charge is 0.404 e. The molecule has 2 aromatic rings. The second-order valence-electron chi connectivity index (χ2n) is 6.68. The molecule has 3 rings (SSSR count). The number of halogens is 1. The van der Waals surface area contributed by atoms with Crippen molar-refractivity contribution in [3.8, 4) is 0 Å². The Morgan fingerprint density at radius 1 is 1.27 bits per heavy atom. The SMILES string of the molecule is CSC[C@H]1CC[C@H](NC(=O)c2cc3cc(Cl)ccc3[nH]2)[C@H](NC(=O)O)C1. The summed E-state index contributed by atoms with van der Waals surface area (Å²) in [5, 5.41) is 16.2. The number of rotatable bonds is 5. The molecule has 1 fully saturated rings. The van der Waals surface area contributed by atoms with Gasteiger partial charge in [0, 0.05) is 22.0 Å². The van der Waals surface area contributed by atoms with Gasteiger partial charge in [0.05, 0.1) is 6.04 Å². The highest BCUT2D eigenvalue weighted by Gasteiger charge is 2.32. The van der Waals surface area contributed by atoms with Crippen LogP contribution in [-0.4, -0.2) is 46.2 Å². The Morgan fingerprint density at radius 2 is 2.08 bits per heavy atom. The number of fused-ring (bicyclic) bond motifs is 1. The van der Waals surface area contributed by atoms with Gasteiger partial charge in [-0.3, -0.25) is 4.79 Å². The Morgan fingerprint density at radius 3 is 2.81 bits per heavy atom. The lowest BCUT2D eigenvalue weighted by molar-refractivity contribution is 0.0899. The first-order chi connectivity index (χ1) is 12.5. The van der Waals surface area contributed by atoms with E-state index in [-0.39, 0.29) is 18.0 Å². The van der Waals surface area contributed by atoms with Gasteiger partial charge in [-0.25, -0.2) is 4.79 Å². The van der Waals surface area contributed by atoms with Gasteiger partial charge in [-0.1, -0.05) is 11.6 Å². The van der Waals surface area contributed by atoms with Crippen molar-refractivity contribution >= 4 is 46.3 Å². The summed E-state index contributed by atoms with van der Waals surface area (Å²) in [7, 11) is 0. The van der Waals surface area contributed by atoms with Crippen molar-refractivity contribution in [2.24, 2.45) is 5.92 Å². The van der Waals surface area contributed by atoms with Crippen LogP contribution in [0.2, 0.25) is 5.02 Å². The van der Waals surface area contributed by atoms with Gasteiger partial charge >= 0.3 is 6.09 Å². The summed E-state index contributed by atoms with van der Waals surface area (Å²) in [4.78, 5) is 26.9. The molecular weight excluding hydrogens is 374 g/mol. The molecule has 0 saturated heterocycles. The standard InChI is InChI=1S/C18H22ClN3O3S/c1-26-9-10-2-4-14(15(6-10)22-18(24)25)21-17(23)16-8-11-7-12(19)3-5-13(11)20-16/h3,5,7-8,10,14-15,20,22H,2,4,6,9H2,1H3,(H,21,23)(H,24,25)/t10-,14-,15+/m0/s1. The van der Waals surface area contributed by atoms with Crippen LogP contribution in [0.3, 0.4) is 0 Å². The molecule has 6 nitrogen and oxygen atoms in total. The molecule has 0 bridgehead atoms. The highest BCUT2D eigenvalue weighted by atomic mass is 35.5. The van der Waals surface area contributed by atoms with Gasteiger partial charge in [-0.05, 0) is 61.5 Å². The predicted molar refractivity (Wildman–Crippen MR) is 105 cm³/mol. The van der Waals surface area contributed by atoms with Crippen LogP contribution in [0.4, 0.5) is 4.79 Å². The number of H-pyrrole nitrogens is 1. The van der Waals surface area contributed by atoms with E-state index >= 15 is 0 Å². The Kier molecular flexibility index (Phi) is 5.98. The molecule has 0 unspecified atom stereocenters. The lowest BCUT2D eigenvalue weighted by Gasteiger charge is -2.36. The zero-order valence-corrected chi connectivity index (χ0v) is 16.0. The second-order valence-corrected chi connectivity index (χ2v) is 8.03. The normalized spacial score (nSPS) is 22.9. The van der Waals surface area contributed by atoms with E-state index in [0.29, 0.717) is 16.6 Å². The van der Waals surface area contributed by atoms with Crippen LogP contribution in [0, 0.1) is 5.92 Å². The quantitative estimate of drug-likeness (QED) is 0.620. The third kappa shape index (κ3) is 4.45. The van der Waals surface area contributed by atoms with Crippen molar-refractivity contribution in [1.82, 2.24) is 15.6 Å². The van der Waals surface area contributed by atoms with Gasteiger partial charge < -0.3 is 20.7 Å². The molecule has 8 heteroatoms. The van der Waals surface area contributed by atoms with Gasteiger partial charge in [0.25, 0.3) is 5.91 Å². The molecule has 0 radical (unpaired) electrons. The Bertz CT molecular complexity index is 810. The van der Waals surface area contributed by atoms with Gasteiger partial charge in [-0.2, -0.15) is 11.8 Å². The first-order valence-electron chi connectivity index (χ1n) is 8.54. The number of nitrogens with one attached hydrogen (secondary N) is 3. The fraction of sp³-hybridized carbons (Fsp3) is 0.444. The number of carbonyl (C=O) groups excluding carboxylic acids is 1. The maximum atomic E-state index is 12.7. The largest absolute Gasteiger partial charge is 0.465 e. The lowest BCUT2D eigenvalue weighted by atomic mass is 9.83.